The second-order valence-electron chi connectivity index (χ2n) is 5.60. The van der Waals surface area contributed by atoms with Crippen molar-refractivity contribution < 1.29 is 13.2 Å². The van der Waals surface area contributed by atoms with Crippen LogP contribution in [0, 0.1) is 13.8 Å². The highest BCUT2D eigenvalue weighted by atomic mass is 32.2. The second kappa shape index (κ2) is 8.11. The normalized spacial score (nSPS) is 11.9. The fourth-order valence-electron chi connectivity index (χ4n) is 2.69. The molecule has 9 heteroatoms. The molecule has 0 fully saturated rings. The predicted molar refractivity (Wildman–Crippen MR) is 98.0 cm³/mol. The van der Waals surface area contributed by atoms with Gasteiger partial charge in [-0.1, -0.05) is 19.9 Å². The van der Waals surface area contributed by atoms with Gasteiger partial charge in [0.2, 0.25) is 15.9 Å². The molecule has 0 aliphatic heterocycles. The summed E-state index contributed by atoms with van der Waals surface area (Å²) < 4.78 is 28.4. The first kappa shape index (κ1) is 19.6. The SMILES string of the molecule is CCN(CC)S(=O)(=O)c1c(C)nn(CC(=O)NCc2cccs2)c1C. The average Bonchev–Trinajstić information content (AvgIpc) is 3.15. The van der Waals surface area contributed by atoms with Crippen molar-refractivity contribution in [3.05, 3.63) is 33.8 Å². The Hall–Kier alpha value is -1.71. The number of aryl methyl sites for hydroxylation is 1. The van der Waals surface area contributed by atoms with Crippen molar-refractivity contribution in [2.45, 2.75) is 45.7 Å². The summed E-state index contributed by atoms with van der Waals surface area (Å²) in [6.07, 6.45) is 0. The molecule has 0 aliphatic rings. The van der Waals surface area contributed by atoms with E-state index in [2.05, 4.69) is 10.4 Å². The summed E-state index contributed by atoms with van der Waals surface area (Å²) in [5.74, 6) is -0.203. The fraction of sp³-hybridized carbons (Fsp3) is 0.500. The summed E-state index contributed by atoms with van der Waals surface area (Å²) in [5.41, 5.74) is 0.895. The highest BCUT2D eigenvalue weighted by Crippen LogP contribution is 2.23. The molecule has 0 radical (unpaired) electrons. The van der Waals surface area contributed by atoms with Crippen molar-refractivity contribution in [1.29, 1.82) is 0 Å². The topological polar surface area (TPSA) is 84.3 Å². The van der Waals surface area contributed by atoms with Crippen LogP contribution in [0.2, 0.25) is 0 Å². The molecule has 0 aromatic carbocycles. The summed E-state index contributed by atoms with van der Waals surface area (Å²) in [4.78, 5) is 13.4. The smallest absolute Gasteiger partial charge is 0.246 e. The largest absolute Gasteiger partial charge is 0.350 e. The lowest BCUT2D eigenvalue weighted by Crippen LogP contribution is -2.31. The minimum atomic E-state index is -3.61. The van der Waals surface area contributed by atoms with E-state index in [1.807, 2.05) is 17.5 Å². The quantitative estimate of drug-likeness (QED) is 0.753. The van der Waals surface area contributed by atoms with E-state index in [1.165, 1.54) is 8.99 Å². The maximum absolute atomic E-state index is 12.8. The maximum Gasteiger partial charge on any atom is 0.246 e. The number of carbonyl (C=O) groups is 1. The molecule has 2 rings (SSSR count). The monoisotopic (exact) mass is 384 g/mol. The van der Waals surface area contributed by atoms with E-state index in [0.717, 1.165) is 4.88 Å². The fourth-order valence-corrected chi connectivity index (χ4v) is 5.17. The third kappa shape index (κ3) is 4.28. The minimum Gasteiger partial charge on any atom is -0.350 e. The van der Waals surface area contributed by atoms with Crippen molar-refractivity contribution in [1.82, 2.24) is 19.4 Å². The number of amides is 1. The molecule has 1 N–H and O–H groups in total. The van der Waals surface area contributed by atoms with Crippen LogP contribution in [0.15, 0.2) is 22.4 Å². The van der Waals surface area contributed by atoms with Gasteiger partial charge in [-0.3, -0.25) is 9.48 Å². The van der Waals surface area contributed by atoms with Crippen LogP contribution in [-0.2, 0) is 27.9 Å². The van der Waals surface area contributed by atoms with Crippen LogP contribution < -0.4 is 5.32 Å². The molecule has 0 saturated heterocycles. The first-order chi connectivity index (χ1) is 11.8. The van der Waals surface area contributed by atoms with Gasteiger partial charge < -0.3 is 5.32 Å². The minimum absolute atomic E-state index is 0.00812. The highest BCUT2D eigenvalue weighted by Gasteiger charge is 2.29. The van der Waals surface area contributed by atoms with Crippen LogP contribution in [0.5, 0.6) is 0 Å². The van der Waals surface area contributed by atoms with Gasteiger partial charge in [0.15, 0.2) is 0 Å². The van der Waals surface area contributed by atoms with Crippen molar-refractivity contribution in [2.75, 3.05) is 13.1 Å². The van der Waals surface area contributed by atoms with E-state index in [1.54, 1.807) is 39.0 Å². The number of rotatable bonds is 8. The Morgan fingerprint density at radius 2 is 2.00 bits per heavy atom. The number of sulfonamides is 1. The summed E-state index contributed by atoms with van der Waals surface area (Å²) >= 11 is 1.57. The zero-order valence-electron chi connectivity index (χ0n) is 14.9. The van der Waals surface area contributed by atoms with Crippen molar-refractivity contribution in [3.8, 4) is 0 Å². The number of hydrogen-bond donors (Lipinski definition) is 1. The van der Waals surface area contributed by atoms with Gasteiger partial charge >= 0.3 is 0 Å². The molecule has 0 spiro atoms. The Morgan fingerprint density at radius 1 is 1.32 bits per heavy atom. The molecular formula is C16H24N4O3S2. The number of hydrogen-bond acceptors (Lipinski definition) is 5. The molecule has 2 heterocycles. The molecule has 0 unspecified atom stereocenters. The number of carbonyl (C=O) groups excluding carboxylic acids is 1. The first-order valence-corrected chi connectivity index (χ1v) is 10.5. The van der Waals surface area contributed by atoms with Crippen molar-refractivity contribution in [3.63, 3.8) is 0 Å². The van der Waals surface area contributed by atoms with Gasteiger partial charge in [0.25, 0.3) is 0 Å². The molecule has 0 atom stereocenters. The van der Waals surface area contributed by atoms with Crippen LogP contribution in [-0.4, -0.2) is 41.5 Å². The van der Waals surface area contributed by atoms with Gasteiger partial charge in [0.1, 0.15) is 11.4 Å². The standard InChI is InChI=1S/C16H24N4O3S2/c1-5-19(6-2)25(22,23)16-12(3)18-20(13(16)4)11-15(21)17-10-14-8-7-9-24-14/h7-9H,5-6,10-11H2,1-4H3,(H,17,21). The molecule has 0 saturated carbocycles. The highest BCUT2D eigenvalue weighted by molar-refractivity contribution is 7.89. The zero-order chi connectivity index (χ0) is 18.6. The van der Waals surface area contributed by atoms with Crippen LogP contribution in [0.4, 0.5) is 0 Å². The van der Waals surface area contributed by atoms with E-state index < -0.39 is 10.0 Å². The van der Waals surface area contributed by atoms with Crippen molar-refractivity contribution >= 4 is 27.3 Å². The summed E-state index contributed by atoms with van der Waals surface area (Å²) in [6, 6.07) is 3.88. The van der Waals surface area contributed by atoms with Crippen LogP contribution in [0.1, 0.15) is 30.1 Å². The molecule has 2 aromatic heterocycles. The maximum atomic E-state index is 12.8. The Labute approximate surface area is 152 Å². The van der Waals surface area contributed by atoms with E-state index in [9.17, 15) is 13.2 Å². The molecule has 25 heavy (non-hydrogen) atoms. The summed E-state index contributed by atoms with van der Waals surface area (Å²) in [7, 11) is -3.61. The number of nitrogens with one attached hydrogen (secondary N) is 1. The number of nitrogens with zero attached hydrogens (tertiary/aromatic N) is 3. The summed E-state index contributed by atoms with van der Waals surface area (Å²) in [5, 5.41) is 9.04. The Bertz CT molecular complexity index is 822. The lowest BCUT2D eigenvalue weighted by molar-refractivity contribution is -0.122. The van der Waals surface area contributed by atoms with E-state index >= 15 is 0 Å². The average molecular weight is 385 g/mol. The Kier molecular flexibility index (Phi) is 6.36. The third-order valence-corrected chi connectivity index (χ3v) is 7.13. The van der Waals surface area contributed by atoms with Gasteiger partial charge in [-0.05, 0) is 25.3 Å². The van der Waals surface area contributed by atoms with Gasteiger partial charge in [-0.15, -0.1) is 11.3 Å². The van der Waals surface area contributed by atoms with Crippen LogP contribution in [0.3, 0.4) is 0 Å². The molecular weight excluding hydrogens is 360 g/mol. The molecule has 0 bridgehead atoms. The van der Waals surface area contributed by atoms with E-state index in [4.69, 9.17) is 0 Å². The van der Waals surface area contributed by atoms with Crippen LogP contribution >= 0.6 is 11.3 Å². The number of aromatic nitrogens is 2. The van der Waals surface area contributed by atoms with Gasteiger partial charge in [0, 0.05) is 18.0 Å². The first-order valence-electron chi connectivity index (χ1n) is 8.14. The Balaban J connectivity index is 2.17. The zero-order valence-corrected chi connectivity index (χ0v) is 16.6. The summed E-state index contributed by atoms with van der Waals surface area (Å²) in [6.45, 7) is 8.18. The van der Waals surface area contributed by atoms with Crippen molar-refractivity contribution in [2.24, 2.45) is 0 Å². The number of thiophene rings is 1. The van der Waals surface area contributed by atoms with Crippen LogP contribution in [0.25, 0.3) is 0 Å². The predicted octanol–water partition coefficient (Wildman–Crippen LogP) is 1.91. The Morgan fingerprint density at radius 3 is 2.56 bits per heavy atom. The molecule has 0 aliphatic carbocycles. The van der Waals surface area contributed by atoms with Gasteiger partial charge in [-0.2, -0.15) is 9.40 Å². The van der Waals surface area contributed by atoms with Gasteiger partial charge in [0.05, 0.1) is 17.9 Å². The third-order valence-electron chi connectivity index (χ3n) is 3.95. The molecule has 138 valence electrons. The van der Waals surface area contributed by atoms with E-state index in [-0.39, 0.29) is 17.3 Å². The van der Waals surface area contributed by atoms with Gasteiger partial charge in [-0.25, -0.2) is 8.42 Å². The molecule has 2 aromatic rings. The second-order valence-corrected chi connectivity index (χ2v) is 8.51. The lowest BCUT2D eigenvalue weighted by Gasteiger charge is -2.18. The van der Waals surface area contributed by atoms with E-state index in [0.29, 0.717) is 31.0 Å². The lowest BCUT2D eigenvalue weighted by atomic mass is 10.4. The molecule has 7 nitrogen and oxygen atoms in total. The molecule has 1 amide bonds.